The number of aryl methyl sites for hydroxylation is 1. The second-order valence-electron chi connectivity index (χ2n) is 6.44. The molecule has 4 rings (SSSR count). The summed E-state index contributed by atoms with van der Waals surface area (Å²) in [7, 11) is 3.39. The van der Waals surface area contributed by atoms with Crippen LogP contribution in [0.2, 0.25) is 0 Å². The summed E-state index contributed by atoms with van der Waals surface area (Å²) in [6.45, 7) is 0. The fourth-order valence-electron chi connectivity index (χ4n) is 3.96. The number of hydrogen-bond acceptors (Lipinski definition) is 3. The van der Waals surface area contributed by atoms with Gasteiger partial charge in [0.05, 0.1) is 7.11 Å². The molecule has 1 aromatic heterocycles. The lowest BCUT2D eigenvalue weighted by atomic mass is 9.95. The first-order chi connectivity index (χ1) is 10.2. The molecule has 2 atom stereocenters. The number of allylic oxidation sites excluding steroid dienone is 1. The van der Waals surface area contributed by atoms with E-state index in [4.69, 9.17) is 4.74 Å². The van der Waals surface area contributed by atoms with Crippen molar-refractivity contribution in [3.63, 3.8) is 0 Å². The first kappa shape index (κ1) is 12.9. The van der Waals surface area contributed by atoms with E-state index in [0.29, 0.717) is 23.5 Å². The molecule has 1 saturated carbocycles. The van der Waals surface area contributed by atoms with Gasteiger partial charge in [-0.2, -0.15) is 0 Å². The van der Waals surface area contributed by atoms with Gasteiger partial charge in [-0.3, -0.25) is 9.48 Å². The predicted octanol–water partition coefficient (Wildman–Crippen LogP) is 2.29. The quantitative estimate of drug-likeness (QED) is 0.784. The van der Waals surface area contributed by atoms with Crippen LogP contribution in [0, 0.1) is 0 Å². The molecule has 1 amide bonds. The molecular formula is C16H21N3O2. The Hall–Kier alpha value is -1.78. The van der Waals surface area contributed by atoms with Crippen molar-refractivity contribution in [1.82, 2.24) is 14.7 Å². The Bertz CT molecular complexity index is 609. The SMILES string of the molecule is COc1nn(C)cc1C(=O)N1C2CCC1CC(=C1CC1)C2. The second kappa shape index (κ2) is 4.61. The smallest absolute Gasteiger partial charge is 0.261 e. The minimum Gasteiger partial charge on any atom is -0.479 e. The molecule has 2 aliphatic heterocycles. The maximum atomic E-state index is 12.9. The Morgan fingerprint density at radius 2 is 1.90 bits per heavy atom. The topological polar surface area (TPSA) is 47.4 Å². The highest BCUT2D eigenvalue weighted by Gasteiger charge is 2.43. The lowest BCUT2D eigenvalue weighted by Gasteiger charge is -2.36. The Morgan fingerprint density at radius 1 is 1.24 bits per heavy atom. The number of methoxy groups -OCH3 is 1. The average Bonchev–Trinajstić information content (AvgIpc) is 3.21. The zero-order valence-electron chi connectivity index (χ0n) is 12.6. The largest absolute Gasteiger partial charge is 0.479 e. The number of carbonyl (C=O) groups is 1. The summed E-state index contributed by atoms with van der Waals surface area (Å²) in [6, 6.07) is 0.758. The van der Waals surface area contributed by atoms with Gasteiger partial charge in [0.2, 0.25) is 5.88 Å². The van der Waals surface area contributed by atoms with E-state index in [1.165, 1.54) is 12.8 Å². The van der Waals surface area contributed by atoms with Crippen LogP contribution in [0.5, 0.6) is 5.88 Å². The van der Waals surface area contributed by atoms with E-state index in [2.05, 4.69) is 10.00 Å². The summed E-state index contributed by atoms with van der Waals surface area (Å²) in [4.78, 5) is 15.0. The fraction of sp³-hybridized carbons (Fsp3) is 0.625. The lowest BCUT2D eigenvalue weighted by molar-refractivity contribution is 0.0631. The molecule has 5 nitrogen and oxygen atoms in total. The number of nitrogens with zero attached hydrogens (tertiary/aromatic N) is 3. The molecular weight excluding hydrogens is 266 g/mol. The summed E-state index contributed by atoms with van der Waals surface area (Å²) < 4.78 is 6.90. The van der Waals surface area contributed by atoms with Crippen LogP contribution in [-0.4, -0.2) is 39.8 Å². The monoisotopic (exact) mass is 287 g/mol. The molecule has 0 N–H and O–H groups in total. The normalized spacial score (nSPS) is 27.2. The first-order valence-electron chi connectivity index (χ1n) is 7.77. The summed E-state index contributed by atoms with van der Waals surface area (Å²) in [5.74, 6) is 0.528. The fourth-order valence-corrected chi connectivity index (χ4v) is 3.96. The maximum Gasteiger partial charge on any atom is 0.261 e. The number of fused-ring (bicyclic) bond motifs is 2. The summed E-state index contributed by atoms with van der Waals surface area (Å²) in [6.07, 6.45) is 8.79. The highest BCUT2D eigenvalue weighted by molar-refractivity contribution is 5.97. The van der Waals surface area contributed by atoms with Gasteiger partial charge in [0.25, 0.3) is 5.91 Å². The Balaban J connectivity index is 1.62. The summed E-state index contributed by atoms with van der Waals surface area (Å²) in [5.41, 5.74) is 3.90. The molecule has 3 heterocycles. The second-order valence-corrected chi connectivity index (χ2v) is 6.44. The molecule has 112 valence electrons. The van der Waals surface area contributed by atoms with Crippen molar-refractivity contribution in [3.05, 3.63) is 22.9 Å². The number of aromatic nitrogens is 2. The van der Waals surface area contributed by atoms with E-state index in [0.717, 1.165) is 25.7 Å². The minimum absolute atomic E-state index is 0.0901. The molecule has 2 bridgehead atoms. The van der Waals surface area contributed by atoms with E-state index < -0.39 is 0 Å². The molecule has 2 unspecified atom stereocenters. The van der Waals surface area contributed by atoms with E-state index in [1.807, 2.05) is 7.05 Å². The molecule has 5 heteroatoms. The van der Waals surface area contributed by atoms with Gasteiger partial charge in [-0.1, -0.05) is 11.1 Å². The van der Waals surface area contributed by atoms with Crippen molar-refractivity contribution in [1.29, 1.82) is 0 Å². The number of rotatable bonds is 2. The van der Waals surface area contributed by atoms with Crippen LogP contribution in [0.4, 0.5) is 0 Å². The zero-order chi connectivity index (χ0) is 14.6. The molecule has 3 fully saturated rings. The number of carbonyl (C=O) groups excluding carboxylic acids is 1. The lowest BCUT2D eigenvalue weighted by Crippen LogP contribution is -2.44. The predicted molar refractivity (Wildman–Crippen MR) is 78.2 cm³/mol. The molecule has 1 aliphatic carbocycles. The summed E-state index contributed by atoms with van der Waals surface area (Å²) >= 11 is 0. The Kier molecular flexibility index (Phi) is 2.84. The number of amides is 1. The van der Waals surface area contributed by atoms with Crippen LogP contribution < -0.4 is 4.74 Å². The molecule has 2 saturated heterocycles. The number of ether oxygens (including phenoxy) is 1. The van der Waals surface area contributed by atoms with E-state index in [-0.39, 0.29) is 5.91 Å². The molecule has 1 aromatic rings. The zero-order valence-corrected chi connectivity index (χ0v) is 12.6. The van der Waals surface area contributed by atoms with Crippen molar-refractivity contribution < 1.29 is 9.53 Å². The van der Waals surface area contributed by atoms with E-state index in [9.17, 15) is 4.79 Å². The van der Waals surface area contributed by atoms with Gasteiger partial charge < -0.3 is 9.64 Å². The molecule has 0 aromatic carbocycles. The molecule has 3 aliphatic rings. The van der Waals surface area contributed by atoms with Crippen LogP contribution in [0.25, 0.3) is 0 Å². The third-order valence-corrected chi connectivity index (χ3v) is 5.04. The van der Waals surface area contributed by atoms with E-state index in [1.54, 1.807) is 29.1 Å². The number of piperidine rings is 1. The van der Waals surface area contributed by atoms with Crippen LogP contribution in [-0.2, 0) is 7.05 Å². The Labute approximate surface area is 124 Å². The third-order valence-electron chi connectivity index (χ3n) is 5.04. The number of hydrogen-bond donors (Lipinski definition) is 0. The van der Waals surface area contributed by atoms with Gasteiger partial charge in [0, 0.05) is 25.3 Å². The average molecular weight is 287 g/mol. The van der Waals surface area contributed by atoms with Gasteiger partial charge in [-0.05, 0) is 38.5 Å². The van der Waals surface area contributed by atoms with Crippen LogP contribution in [0.1, 0.15) is 48.9 Å². The van der Waals surface area contributed by atoms with Gasteiger partial charge in [0.1, 0.15) is 5.56 Å². The standard InChI is InChI=1S/C16H21N3O2/c1-18-9-14(15(17-18)21-2)16(20)19-12-5-6-13(19)8-11(7-12)10-3-4-10/h9,12-13H,3-8H2,1-2H3. The van der Waals surface area contributed by atoms with Crippen LogP contribution in [0.15, 0.2) is 17.3 Å². The first-order valence-corrected chi connectivity index (χ1v) is 7.77. The third kappa shape index (κ3) is 2.06. The van der Waals surface area contributed by atoms with Crippen LogP contribution >= 0.6 is 0 Å². The molecule has 0 spiro atoms. The highest BCUT2D eigenvalue weighted by Crippen LogP contribution is 2.45. The van der Waals surface area contributed by atoms with Gasteiger partial charge in [-0.15, -0.1) is 5.10 Å². The van der Waals surface area contributed by atoms with E-state index >= 15 is 0 Å². The van der Waals surface area contributed by atoms with Gasteiger partial charge in [0.15, 0.2) is 0 Å². The highest BCUT2D eigenvalue weighted by atomic mass is 16.5. The maximum absolute atomic E-state index is 12.9. The molecule has 0 radical (unpaired) electrons. The van der Waals surface area contributed by atoms with Crippen LogP contribution in [0.3, 0.4) is 0 Å². The minimum atomic E-state index is 0.0901. The molecule has 21 heavy (non-hydrogen) atoms. The van der Waals surface area contributed by atoms with Crippen molar-refractivity contribution in [3.8, 4) is 5.88 Å². The van der Waals surface area contributed by atoms with Gasteiger partial charge >= 0.3 is 0 Å². The van der Waals surface area contributed by atoms with Crippen molar-refractivity contribution >= 4 is 5.91 Å². The van der Waals surface area contributed by atoms with Crippen molar-refractivity contribution in [2.45, 2.75) is 50.6 Å². The van der Waals surface area contributed by atoms with Gasteiger partial charge in [-0.25, -0.2) is 0 Å². The van der Waals surface area contributed by atoms with Crippen molar-refractivity contribution in [2.75, 3.05) is 7.11 Å². The van der Waals surface area contributed by atoms with Crippen molar-refractivity contribution in [2.24, 2.45) is 7.05 Å². The summed E-state index contributed by atoms with van der Waals surface area (Å²) in [5, 5.41) is 4.21. The Morgan fingerprint density at radius 3 is 2.48 bits per heavy atom.